The molecule has 0 radical (unpaired) electrons. The molecule has 82 valence electrons. The highest BCUT2D eigenvalue weighted by Crippen LogP contribution is 2.60. The van der Waals surface area contributed by atoms with Crippen LogP contribution < -0.4 is 0 Å². The molecule has 1 heterocycles. The summed E-state index contributed by atoms with van der Waals surface area (Å²) in [4.78, 5) is 0. The number of nitrogens with zero attached hydrogens (tertiary/aromatic N) is 3. The highest BCUT2D eigenvalue weighted by molar-refractivity contribution is 5.11. The Balaban J connectivity index is 1.81. The van der Waals surface area contributed by atoms with Crippen LogP contribution in [0.15, 0.2) is 6.20 Å². The fourth-order valence-electron chi connectivity index (χ4n) is 2.94. The zero-order chi connectivity index (χ0) is 10.6. The summed E-state index contributed by atoms with van der Waals surface area (Å²) in [5.74, 6) is 1.83. The van der Waals surface area contributed by atoms with Crippen LogP contribution in [0, 0.1) is 11.8 Å². The third-order valence-corrected chi connectivity index (χ3v) is 3.95. The summed E-state index contributed by atoms with van der Waals surface area (Å²) in [5.41, 5.74) is 1.25. The molecule has 2 saturated carbocycles. The first-order valence-corrected chi connectivity index (χ1v) is 6.00. The van der Waals surface area contributed by atoms with Crippen LogP contribution in [0.4, 0.5) is 0 Å². The Bertz CT molecular complexity index is 364. The average Bonchev–Trinajstić information content (AvgIpc) is 2.60. The van der Waals surface area contributed by atoms with Gasteiger partial charge in [0.2, 0.25) is 0 Å². The smallest absolute Gasteiger partial charge is 0.0880 e. The van der Waals surface area contributed by atoms with Crippen molar-refractivity contribution < 1.29 is 0 Å². The van der Waals surface area contributed by atoms with Crippen molar-refractivity contribution in [1.82, 2.24) is 15.0 Å². The number of fused-ring (bicyclic) bond motifs is 1. The topological polar surface area (TPSA) is 30.7 Å². The zero-order valence-corrected chi connectivity index (χ0v) is 9.77. The van der Waals surface area contributed by atoms with Gasteiger partial charge in [0.05, 0.1) is 11.7 Å². The lowest BCUT2D eigenvalue weighted by Crippen LogP contribution is -2.11. The third-order valence-electron chi connectivity index (χ3n) is 3.95. The molecule has 1 unspecified atom stereocenters. The van der Waals surface area contributed by atoms with Crippen LogP contribution in [0.5, 0.6) is 0 Å². The van der Waals surface area contributed by atoms with E-state index in [1.165, 1.54) is 19.3 Å². The Kier molecular flexibility index (Phi) is 1.77. The lowest BCUT2D eigenvalue weighted by molar-refractivity contribution is 0.503. The van der Waals surface area contributed by atoms with Crippen LogP contribution in [0.25, 0.3) is 0 Å². The summed E-state index contributed by atoms with van der Waals surface area (Å²) in [6.45, 7) is 6.57. The molecule has 0 bridgehead atoms. The van der Waals surface area contributed by atoms with Gasteiger partial charge in [-0.25, -0.2) is 4.68 Å². The predicted octanol–water partition coefficient (Wildman–Crippen LogP) is 2.55. The summed E-state index contributed by atoms with van der Waals surface area (Å²) in [5, 5.41) is 8.58. The van der Waals surface area contributed by atoms with Crippen molar-refractivity contribution in [2.75, 3.05) is 0 Å². The van der Waals surface area contributed by atoms with Crippen molar-refractivity contribution in [3.8, 4) is 0 Å². The monoisotopic (exact) mass is 205 g/mol. The lowest BCUT2D eigenvalue weighted by atomic mass is 9.93. The van der Waals surface area contributed by atoms with Gasteiger partial charge in [0.15, 0.2) is 0 Å². The highest BCUT2D eigenvalue weighted by Gasteiger charge is 2.54. The van der Waals surface area contributed by atoms with Crippen molar-refractivity contribution in [2.24, 2.45) is 11.8 Å². The summed E-state index contributed by atoms with van der Waals surface area (Å²) < 4.78 is 2.12. The third kappa shape index (κ3) is 1.40. The van der Waals surface area contributed by atoms with Crippen molar-refractivity contribution >= 4 is 0 Å². The largest absolute Gasteiger partial charge is 0.249 e. The Morgan fingerprint density at radius 3 is 2.47 bits per heavy atom. The van der Waals surface area contributed by atoms with Crippen molar-refractivity contribution in [1.29, 1.82) is 0 Å². The van der Waals surface area contributed by atoms with E-state index in [0.29, 0.717) is 6.04 Å². The van der Waals surface area contributed by atoms with Crippen molar-refractivity contribution in [3.63, 3.8) is 0 Å². The molecule has 0 saturated heterocycles. The first-order chi connectivity index (χ1) is 7.07. The standard InChI is InChI=1S/C12H19N3/c1-12(2,3)10-7-15(14-13-10)11-8-5-4-6-9(8)11/h7-9,11H,4-6H2,1-3H3/t8-,9+,11?. The molecule has 2 fully saturated rings. The number of rotatable bonds is 1. The van der Waals surface area contributed by atoms with Gasteiger partial charge in [-0.05, 0) is 24.7 Å². The molecule has 0 N–H and O–H groups in total. The Morgan fingerprint density at radius 2 is 1.93 bits per heavy atom. The van der Waals surface area contributed by atoms with Crippen LogP contribution in [0.3, 0.4) is 0 Å². The fraction of sp³-hybridized carbons (Fsp3) is 0.833. The Hall–Kier alpha value is -0.860. The second kappa shape index (κ2) is 2.83. The Morgan fingerprint density at radius 1 is 1.27 bits per heavy atom. The van der Waals surface area contributed by atoms with E-state index in [1.807, 2.05) is 0 Å². The summed E-state index contributed by atoms with van der Waals surface area (Å²) in [6, 6.07) is 0.683. The van der Waals surface area contributed by atoms with Gasteiger partial charge in [0, 0.05) is 11.6 Å². The first kappa shape index (κ1) is 9.37. The molecule has 3 rings (SSSR count). The molecular formula is C12H19N3. The first-order valence-electron chi connectivity index (χ1n) is 6.00. The van der Waals surface area contributed by atoms with Crippen LogP contribution in [0.1, 0.15) is 51.8 Å². The van der Waals surface area contributed by atoms with Gasteiger partial charge in [-0.2, -0.15) is 0 Å². The fourth-order valence-corrected chi connectivity index (χ4v) is 2.94. The molecular weight excluding hydrogens is 186 g/mol. The molecule has 3 heteroatoms. The summed E-state index contributed by atoms with van der Waals surface area (Å²) in [7, 11) is 0. The van der Waals surface area contributed by atoms with E-state index in [-0.39, 0.29) is 5.41 Å². The lowest BCUT2D eigenvalue weighted by Gasteiger charge is -2.13. The summed E-state index contributed by atoms with van der Waals surface area (Å²) >= 11 is 0. The normalized spacial score (nSPS) is 34.2. The van der Waals surface area contributed by atoms with Gasteiger partial charge < -0.3 is 0 Å². The number of hydrogen-bond acceptors (Lipinski definition) is 2. The van der Waals surface area contributed by atoms with E-state index in [0.717, 1.165) is 17.5 Å². The van der Waals surface area contributed by atoms with E-state index in [4.69, 9.17) is 0 Å². The average molecular weight is 205 g/mol. The van der Waals surface area contributed by atoms with Crippen LogP contribution in [-0.4, -0.2) is 15.0 Å². The molecule has 2 aliphatic carbocycles. The van der Waals surface area contributed by atoms with Gasteiger partial charge in [0.1, 0.15) is 0 Å². The summed E-state index contributed by atoms with van der Waals surface area (Å²) in [6.07, 6.45) is 6.38. The molecule has 15 heavy (non-hydrogen) atoms. The van der Waals surface area contributed by atoms with Crippen LogP contribution in [-0.2, 0) is 5.41 Å². The van der Waals surface area contributed by atoms with E-state index >= 15 is 0 Å². The Labute approximate surface area is 90.9 Å². The number of hydrogen-bond donors (Lipinski definition) is 0. The second-order valence-electron chi connectivity index (χ2n) is 6.08. The van der Waals surface area contributed by atoms with E-state index < -0.39 is 0 Å². The van der Waals surface area contributed by atoms with Crippen molar-refractivity contribution in [2.45, 2.75) is 51.5 Å². The van der Waals surface area contributed by atoms with Gasteiger partial charge in [-0.3, -0.25) is 0 Å². The molecule has 3 atom stereocenters. The van der Waals surface area contributed by atoms with Crippen LogP contribution in [0.2, 0.25) is 0 Å². The van der Waals surface area contributed by atoms with Crippen LogP contribution >= 0.6 is 0 Å². The maximum absolute atomic E-state index is 4.29. The van der Waals surface area contributed by atoms with Gasteiger partial charge >= 0.3 is 0 Å². The molecule has 3 nitrogen and oxygen atoms in total. The SMILES string of the molecule is CC(C)(C)c1cn(C2[C@H]3CCC[C@@H]23)nn1. The molecule has 1 aromatic rings. The van der Waals surface area contributed by atoms with Gasteiger partial charge in [-0.1, -0.05) is 32.4 Å². The molecule has 1 aromatic heterocycles. The maximum atomic E-state index is 4.29. The van der Waals surface area contributed by atoms with E-state index in [1.54, 1.807) is 0 Å². The van der Waals surface area contributed by atoms with Gasteiger partial charge in [-0.15, -0.1) is 5.10 Å². The number of aromatic nitrogens is 3. The second-order valence-corrected chi connectivity index (χ2v) is 6.08. The molecule has 0 aliphatic heterocycles. The molecule has 0 aromatic carbocycles. The minimum atomic E-state index is 0.127. The zero-order valence-electron chi connectivity index (χ0n) is 9.77. The van der Waals surface area contributed by atoms with E-state index in [9.17, 15) is 0 Å². The van der Waals surface area contributed by atoms with E-state index in [2.05, 4.69) is 42.0 Å². The molecule has 0 amide bonds. The van der Waals surface area contributed by atoms with Crippen molar-refractivity contribution in [3.05, 3.63) is 11.9 Å². The highest BCUT2D eigenvalue weighted by atomic mass is 15.4. The molecule has 2 aliphatic rings. The quantitative estimate of drug-likeness (QED) is 0.705. The predicted molar refractivity (Wildman–Crippen MR) is 58.6 cm³/mol. The minimum Gasteiger partial charge on any atom is -0.249 e. The maximum Gasteiger partial charge on any atom is 0.0880 e. The minimum absolute atomic E-state index is 0.127. The van der Waals surface area contributed by atoms with Gasteiger partial charge in [0.25, 0.3) is 0 Å². The molecule has 0 spiro atoms.